The summed E-state index contributed by atoms with van der Waals surface area (Å²) in [6.45, 7) is 2.48. The summed E-state index contributed by atoms with van der Waals surface area (Å²) in [4.78, 5) is 20.8. The molecule has 24 heavy (non-hydrogen) atoms. The van der Waals surface area contributed by atoms with Crippen molar-refractivity contribution in [1.29, 1.82) is 0 Å². The van der Waals surface area contributed by atoms with Gasteiger partial charge in [-0.25, -0.2) is 4.39 Å². The molecule has 0 saturated carbocycles. The number of carbonyl (C=O) groups is 1. The smallest absolute Gasteiger partial charge is 0.256 e. The highest BCUT2D eigenvalue weighted by atomic mass is 19.1. The van der Waals surface area contributed by atoms with Crippen LogP contribution in [-0.4, -0.2) is 64.1 Å². The molecule has 1 aromatic heterocycles. The number of halogens is 1. The Hall–Kier alpha value is -1.53. The summed E-state index contributed by atoms with van der Waals surface area (Å²) >= 11 is 0. The minimum Gasteiger partial charge on any atom is -0.395 e. The summed E-state index contributed by atoms with van der Waals surface area (Å²) in [7, 11) is 0. The zero-order valence-corrected chi connectivity index (χ0v) is 13.8. The van der Waals surface area contributed by atoms with E-state index < -0.39 is 5.82 Å². The fourth-order valence-corrected chi connectivity index (χ4v) is 5.04. The number of aliphatic hydroxyl groups is 1. The first-order valence-electron chi connectivity index (χ1n) is 8.94. The van der Waals surface area contributed by atoms with Gasteiger partial charge >= 0.3 is 0 Å². The molecule has 0 unspecified atom stereocenters. The molecule has 4 rings (SSSR count). The van der Waals surface area contributed by atoms with E-state index in [0.717, 1.165) is 25.6 Å². The van der Waals surface area contributed by atoms with Crippen LogP contribution in [0.15, 0.2) is 18.5 Å². The van der Waals surface area contributed by atoms with Crippen LogP contribution in [0.25, 0.3) is 0 Å². The molecule has 0 aliphatic carbocycles. The van der Waals surface area contributed by atoms with Gasteiger partial charge in [0, 0.05) is 31.4 Å². The molecule has 0 radical (unpaired) electrons. The van der Waals surface area contributed by atoms with Gasteiger partial charge in [-0.3, -0.25) is 14.7 Å². The average Bonchev–Trinajstić information content (AvgIpc) is 2.62. The van der Waals surface area contributed by atoms with Crippen LogP contribution in [0.5, 0.6) is 0 Å². The van der Waals surface area contributed by atoms with Crippen LogP contribution in [0.2, 0.25) is 0 Å². The van der Waals surface area contributed by atoms with Crippen molar-refractivity contribution in [3.8, 4) is 0 Å². The van der Waals surface area contributed by atoms with Gasteiger partial charge in [-0.1, -0.05) is 6.42 Å². The fourth-order valence-electron chi connectivity index (χ4n) is 5.04. The lowest BCUT2D eigenvalue weighted by atomic mass is 9.72. The third kappa shape index (κ3) is 2.62. The van der Waals surface area contributed by atoms with Gasteiger partial charge in [-0.05, 0) is 43.7 Å². The lowest BCUT2D eigenvalue weighted by Gasteiger charge is -2.56. The molecule has 1 aromatic rings. The van der Waals surface area contributed by atoms with Gasteiger partial charge in [-0.15, -0.1) is 0 Å². The summed E-state index contributed by atoms with van der Waals surface area (Å²) < 4.78 is 13.9. The number of rotatable bonds is 2. The Morgan fingerprint density at radius 3 is 2.96 bits per heavy atom. The maximum atomic E-state index is 13.9. The topological polar surface area (TPSA) is 56.7 Å². The van der Waals surface area contributed by atoms with Gasteiger partial charge < -0.3 is 10.0 Å². The van der Waals surface area contributed by atoms with Gasteiger partial charge in [0.2, 0.25) is 0 Å². The molecule has 3 saturated heterocycles. The molecule has 0 spiro atoms. The monoisotopic (exact) mass is 333 g/mol. The quantitative estimate of drug-likeness (QED) is 0.892. The van der Waals surface area contributed by atoms with Crippen molar-refractivity contribution in [3.05, 3.63) is 29.8 Å². The van der Waals surface area contributed by atoms with Crippen molar-refractivity contribution in [3.63, 3.8) is 0 Å². The summed E-state index contributed by atoms with van der Waals surface area (Å²) in [5.74, 6) is -0.0977. The van der Waals surface area contributed by atoms with E-state index in [1.807, 2.05) is 0 Å². The highest BCUT2D eigenvalue weighted by Crippen LogP contribution is 2.41. The van der Waals surface area contributed by atoms with E-state index in [-0.39, 0.29) is 30.0 Å². The van der Waals surface area contributed by atoms with Crippen LogP contribution in [0.1, 0.15) is 36.0 Å². The van der Waals surface area contributed by atoms with Gasteiger partial charge in [0.15, 0.2) is 5.82 Å². The molecule has 1 N–H and O–H groups in total. The first kappa shape index (κ1) is 16.0. The second-order valence-electron chi connectivity index (χ2n) is 7.37. The second-order valence-corrected chi connectivity index (χ2v) is 7.37. The number of likely N-dealkylation sites (tertiary alicyclic amines) is 1. The van der Waals surface area contributed by atoms with Crippen molar-refractivity contribution >= 4 is 5.91 Å². The molecule has 3 fully saturated rings. The number of pyridine rings is 1. The van der Waals surface area contributed by atoms with E-state index in [4.69, 9.17) is 0 Å². The zero-order valence-electron chi connectivity index (χ0n) is 13.8. The van der Waals surface area contributed by atoms with E-state index in [1.54, 1.807) is 4.90 Å². The predicted molar refractivity (Wildman–Crippen MR) is 86.9 cm³/mol. The molecular weight excluding hydrogens is 309 g/mol. The van der Waals surface area contributed by atoms with Gasteiger partial charge in [0.1, 0.15) is 0 Å². The molecular formula is C18H24FN3O2. The molecule has 130 valence electrons. The third-order valence-electron chi connectivity index (χ3n) is 6.10. The molecule has 1 amide bonds. The van der Waals surface area contributed by atoms with Crippen molar-refractivity contribution in [2.24, 2.45) is 11.8 Å². The lowest BCUT2D eigenvalue weighted by molar-refractivity contribution is -0.0795. The maximum absolute atomic E-state index is 13.9. The zero-order chi connectivity index (χ0) is 16.7. The minimum absolute atomic E-state index is 0.103. The van der Waals surface area contributed by atoms with Crippen molar-refractivity contribution < 1.29 is 14.3 Å². The van der Waals surface area contributed by atoms with Crippen molar-refractivity contribution in [2.75, 3.05) is 26.2 Å². The highest BCUT2D eigenvalue weighted by molar-refractivity contribution is 5.94. The summed E-state index contributed by atoms with van der Waals surface area (Å²) in [6, 6.07) is 2.04. The van der Waals surface area contributed by atoms with Gasteiger partial charge in [0.05, 0.1) is 18.4 Å². The molecule has 0 aromatic carbocycles. The first-order valence-corrected chi connectivity index (χ1v) is 8.94. The van der Waals surface area contributed by atoms with Gasteiger partial charge in [-0.2, -0.15) is 0 Å². The largest absolute Gasteiger partial charge is 0.395 e. The van der Waals surface area contributed by atoms with Crippen LogP contribution in [-0.2, 0) is 0 Å². The van der Waals surface area contributed by atoms with E-state index in [2.05, 4.69) is 9.88 Å². The maximum Gasteiger partial charge on any atom is 0.256 e. The van der Waals surface area contributed by atoms with Crippen LogP contribution in [0, 0.1) is 17.7 Å². The Labute approximate surface area is 141 Å². The Balaban J connectivity index is 1.58. The fraction of sp³-hybridized carbons (Fsp3) is 0.667. The number of aromatic nitrogens is 1. The standard InChI is InChI=1S/C18H24FN3O2/c19-15-8-20-5-4-14(15)18(24)21-9-12-7-13(10-21)17(11-23)22-6-2-1-3-16(12)22/h4-5,8,12-13,16-17,23H,1-3,6-7,9-11H2/t12-,13+,16+,17+/m1/s1. The number of hydrogen-bond donors (Lipinski definition) is 1. The first-order chi connectivity index (χ1) is 11.7. The lowest BCUT2D eigenvalue weighted by Crippen LogP contribution is -2.65. The molecule has 5 nitrogen and oxygen atoms in total. The molecule has 4 heterocycles. The number of carbonyl (C=O) groups excluding carboxylic acids is 1. The molecule has 6 heteroatoms. The Morgan fingerprint density at radius 2 is 2.17 bits per heavy atom. The Bertz CT molecular complexity index is 612. The van der Waals surface area contributed by atoms with Gasteiger partial charge in [0.25, 0.3) is 5.91 Å². The summed E-state index contributed by atoms with van der Waals surface area (Å²) in [6.07, 6.45) is 7.16. The summed E-state index contributed by atoms with van der Waals surface area (Å²) in [5.41, 5.74) is 0.103. The number of amides is 1. The number of aliphatic hydroxyl groups excluding tert-OH is 1. The third-order valence-corrected chi connectivity index (χ3v) is 6.10. The molecule has 4 atom stereocenters. The second kappa shape index (κ2) is 6.41. The Kier molecular flexibility index (Phi) is 4.26. The number of nitrogens with zero attached hydrogens (tertiary/aromatic N) is 3. The number of fused-ring (bicyclic) bond motifs is 4. The van der Waals surface area contributed by atoms with Crippen LogP contribution in [0.3, 0.4) is 0 Å². The van der Waals surface area contributed by atoms with E-state index >= 15 is 0 Å². The van der Waals surface area contributed by atoms with Crippen LogP contribution < -0.4 is 0 Å². The highest BCUT2D eigenvalue weighted by Gasteiger charge is 2.47. The molecule has 3 aliphatic heterocycles. The average molecular weight is 333 g/mol. The SMILES string of the molecule is O=C(c1ccncc1F)N1C[C@H]2C[C@@H](C1)[C@H](CO)N1CCCC[C@@H]21. The van der Waals surface area contributed by atoms with Crippen LogP contribution >= 0.6 is 0 Å². The van der Waals surface area contributed by atoms with Crippen molar-refractivity contribution in [2.45, 2.75) is 37.8 Å². The molecule has 2 bridgehead atoms. The number of piperidine rings is 3. The molecule has 3 aliphatic rings. The Morgan fingerprint density at radius 1 is 1.33 bits per heavy atom. The predicted octanol–water partition coefficient (Wildman–Crippen LogP) is 1.53. The minimum atomic E-state index is -0.559. The van der Waals surface area contributed by atoms with E-state index in [1.165, 1.54) is 25.1 Å². The van der Waals surface area contributed by atoms with E-state index in [0.29, 0.717) is 25.0 Å². The van der Waals surface area contributed by atoms with E-state index in [9.17, 15) is 14.3 Å². The van der Waals surface area contributed by atoms with Crippen molar-refractivity contribution in [1.82, 2.24) is 14.8 Å². The summed E-state index contributed by atoms with van der Waals surface area (Å²) in [5, 5.41) is 9.91. The normalized spacial score (nSPS) is 33.2. The van der Waals surface area contributed by atoms with Crippen LogP contribution in [0.4, 0.5) is 4.39 Å². The number of hydrogen-bond acceptors (Lipinski definition) is 4.